The van der Waals surface area contributed by atoms with Gasteiger partial charge in [-0.05, 0) is 104 Å². The molecule has 8 heteroatoms. The van der Waals surface area contributed by atoms with Crippen LogP contribution in [0.4, 0.5) is 5.69 Å². The molecule has 0 radical (unpaired) electrons. The molecule has 4 aliphatic carbocycles. The van der Waals surface area contributed by atoms with E-state index < -0.39 is 0 Å². The number of likely N-dealkylation sites (tertiary alicyclic amines) is 1. The Morgan fingerprint density at radius 3 is 2.29 bits per heavy atom. The Labute approximate surface area is 181 Å². The summed E-state index contributed by atoms with van der Waals surface area (Å²) in [6.07, 6.45) is 10.2. The predicted octanol–water partition coefficient (Wildman–Crippen LogP) is 2.81. The van der Waals surface area contributed by atoms with E-state index in [0.717, 1.165) is 61.2 Å². The highest BCUT2D eigenvalue weighted by Gasteiger charge is 2.56. The van der Waals surface area contributed by atoms with Gasteiger partial charge in [0, 0.05) is 12.2 Å². The number of aromatic nitrogens is 4. The van der Waals surface area contributed by atoms with Crippen molar-refractivity contribution in [2.24, 2.45) is 23.2 Å². The molecule has 31 heavy (non-hydrogen) atoms. The molecule has 1 saturated heterocycles. The zero-order chi connectivity index (χ0) is 21.0. The third kappa shape index (κ3) is 3.23. The number of rotatable bonds is 4. The summed E-state index contributed by atoms with van der Waals surface area (Å²) >= 11 is 0. The smallest absolute Gasteiger partial charge is 0.247 e. The number of tetrazole rings is 1. The lowest BCUT2D eigenvalue weighted by atomic mass is 9.49. The highest BCUT2D eigenvalue weighted by Crippen LogP contribution is 2.60. The minimum atomic E-state index is -0.361. The maximum atomic E-state index is 13.8. The summed E-state index contributed by atoms with van der Waals surface area (Å²) in [5, 5.41) is 14.2. The number of nitrogens with one attached hydrogen (secondary N) is 1. The Balaban J connectivity index is 1.16. The molecule has 5 fully saturated rings. The summed E-state index contributed by atoms with van der Waals surface area (Å²) in [5.41, 5.74) is 1.35. The zero-order valence-electron chi connectivity index (χ0n) is 17.6. The highest BCUT2D eigenvalue weighted by atomic mass is 16.2. The normalized spacial score (nSPS) is 33.6. The second-order valence-electron chi connectivity index (χ2n) is 10.1. The first-order valence-electron chi connectivity index (χ1n) is 11.5. The van der Waals surface area contributed by atoms with Crippen molar-refractivity contribution >= 4 is 17.5 Å². The largest absolute Gasteiger partial charge is 0.330 e. The van der Waals surface area contributed by atoms with Crippen LogP contribution in [0.5, 0.6) is 0 Å². The molecule has 0 unspecified atom stereocenters. The van der Waals surface area contributed by atoms with Crippen LogP contribution in [0.25, 0.3) is 5.69 Å². The SMILES string of the molecule is O=C(Nc1ccc(-n2cnnn2)cc1)[C@H]1CCCN1C(=O)C12CC3CC(CC(C3)C1)C2. The quantitative estimate of drug-likeness (QED) is 0.821. The van der Waals surface area contributed by atoms with E-state index in [0.29, 0.717) is 6.54 Å². The van der Waals surface area contributed by atoms with Crippen LogP contribution >= 0.6 is 0 Å². The number of hydrogen-bond acceptors (Lipinski definition) is 5. The van der Waals surface area contributed by atoms with Gasteiger partial charge >= 0.3 is 0 Å². The summed E-state index contributed by atoms with van der Waals surface area (Å²) in [5.74, 6) is 2.36. The molecule has 7 rings (SSSR count). The minimum absolute atomic E-state index is 0.0780. The molecule has 4 bridgehead atoms. The highest BCUT2D eigenvalue weighted by molar-refractivity contribution is 5.98. The second-order valence-corrected chi connectivity index (χ2v) is 10.1. The molecule has 1 atom stereocenters. The minimum Gasteiger partial charge on any atom is -0.330 e. The van der Waals surface area contributed by atoms with E-state index in [1.807, 2.05) is 29.2 Å². The summed E-state index contributed by atoms with van der Waals surface area (Å²) < 4.78 is 1.56. The molecule has 1 aromatic carbocycles. The maximum Gasteiger partial charge on any atom is 0.247 e. The van der Waals surface area contributed by atoms with E-state index in [-0.39, 0.29) is 23.3 Å². The predicted molar refractivity (Wildman–Crippen MR) is 113 cm³/mol. The number of anilines is 1. The summed E-state index contributed by atoms with van der Waals surface area (Å²) in [6.45, 7) is 0.705. The van der Waals surface area contributed by atoms with Crippen molar-refractivity contribution in [3.63, 3.8) is 0 Å². The van der Waals surface area contributed by atoms with Crippen LogP contribution in [0.2, 0.25) is 0 Å². The second kappa shape index (κ2) is 7.14. The summed E-state index contributed by atoms with van der Waals surface area (Å²) in [6, 6.07) is 7.04. The average molecular weight is 421 g/mol. The fourth-order valence-electron chi connectivity index (χ4n) is 7.16. The molecule has 2 amide bonds. The fourth-order valence-corrected chi connectivity index (χ4v) is 7.16. The van der Waals surface area contributed by atoms with Crippen LogP contribution in [0.15, 0.2) is 30.6 Å². The van der Waals surface area contributed by atoms with Crippen LogP contribution in [0.1, 0.15) is 51.4 Å². The molecule has 2 heterocycles. The van der Waals surface area contributed by atoms with E-state index in [1.54, 1.807) is 4.68 Å². The Morgan fingerprint density at radius 2 is 1.68 bits per heavy atom. The van der Waals surface area contributed by atoms with E-state index in [2.05, 4.69) is 20.8 Å². The molecule has 162 valence electrons. The first-order valence-corrected chi connectivity index (χ1v) is 11.5. The molecule has 0 spiro atoms. The zero-order valence-corrected chi connectivity index (χ0v) is 17.6. The van der Waals surface area contributed by atoms with Gasteiger partial charge in [0.2, 0.25) is 11.8 Å². The average Bonchev–Trinajstić information content (AvgIpc) is 3.45. The summed E-state index contributed by atoms with van der Waals surface area (Å²) in [7, 11) is 0. The van der Waals surface area contributed by atoms with Crippen LogP contribution in [-0.4, -0.2) is 49.5 Å². The number of benzene rings is 1. The first-order chi connectivity index (χ1) is 15.1. The third-order valence-corrected chi connectivity index (χ3v) is 8.06. The van der Waals surface area contributed by atoms with E-state index >= 15 is 0 Å². The number of nitrogens with zero attached hydrogens (tertiary/aromatic N) is 5. The van der Waals surface area contributed by atoms with Crippen LogP contribution in [0.3, 0.4) is 0 Å². The van der Waals surface area contributed by atoms with Crippen LogP contribution in [-0.2, 0) is 9.59 Å². The van der Waals surface area contributed by atoms with Gasteiger partial charge in [0.1, 0.15) is 12.4 Å². The molecular formula is C23H28N6O2. The molecule has 5 aliphatic rings. The van der Waals surface area contributed by atoms with Gasteiger partial charge < -0.3 is 10.2 Å². The van der Waals surface area contributed by atoms with Crippen molar-refractivity contribution in [2.75, 3.05) is 11.9 Å². The van der Waals surface area contributed by atoms with Crippen molar-refractivity contribution < 1.29 is 9.59 Å². The maximum absolute atomic E-state index is 13.8. The monoisotopic (exact) mass is 420 g/mol. The number of carbonyl (C=O) groups excluding carboxylic acids is 2. The lowest BCUT2D eigenvalue weighted by Gasteiger charge is -2.56. The first kappa shape index (κ1) is 19.0. The fraction of sp³-hybridized carbons (Fsp3) is 0.609. The van der Waals surface area contributed by atoms with Crippen molar-refractivity contribution in [2.45, 2.75) is 57.4 Å². The van der Waals surface area contributed by atoms with Gasteiger partial charge in [-0.2, -0.15) is 0 Å². The molecule has 8 nitrogen and oxygen atoms in total. The van der Waals surface area contributed by atoms with Gasteiger partial charge in [-0.3, -0.25) is 9.59 Å². The van der Waals surface area contributed by atoms with Crippen molar-refractivity contribution in [3.8, 4) is 5.69 Å². The van der Waals surface area contributed by atoms with Gasteiger partial charge in [0.25, 0.3) is 0 Å². The van der Waals surface area contributed by atoms with Gasteiger partial charge in [0.05, 0.1) is 11.1 Å². The standard InChI is InChI=1S/C23H28N6O2/c30-21(25-18-3-5-19(6-4-18)29-14-24-26-27-29)20-2-1-7-28(20)22(31)23-11-15-8-16(12-23)10-17(9-15)13-23/h3-6,14-17,20H,1-2,7-13H2,(H,25,30)/t15?,16?,17?,20-,23?/m1/s1. The molecule has 1 aromatic heterocycles. The Bertz CT molecular complexity index is 951. The van der Waals surface area contributed by atoms with Crippen molar-refractivity contribution in [1.82, 2.24) is 25.1 Å². The topological polar surface area (TPSA) is 93.0 Å². The third-order valence-electron chi connectivity index (χ3n) is 8.06. The number of amides is 2. The number of carbonyl (C=O) groups is 2. The van der Waals surface area contributed by atoms with Crippen molar-refractivity contribution in [1.29, 1.82) is 0 Å². The molecule has 4 saturated carbocycles. The van der Waals surface area contributed by atoms with Gasteiger partial charge in [-0.25, -0.2) is 4.68 Å². The summed E-state index contributed by atoms with van der Waals surface area (Å²) in [4.78, 5) is 28.8. The van der Waals surface area contributed by atoms with E-state index in [9.17, 15) is 9.59 Å². The lowest BCUT2D eigenvalue weighted by molar-refractivity contribution is -0.160. The lowest BCUT2D eigenvalue weighted by Crippen LogP contribution is -2.56. The van der Waals surface area contributed by atoms with E-state index in [4.69, 9.17) is 0 Å². The van der Waals surface area contributed by atoms with Crippen LogP contribution in [0, 0.1) is 23.2 Å². The van der Waals surface area contributed by atoms with E-state index in [1.165, 1.54) is 25.6 Å². The van der Waals surface area contributed by atoms with Gasteiger partial charge in [-0.15, -0.1) is 5.10 Å². The van der Waals surface area contributed by atoms with Crippen LogP contribution < -0.4 is 5.32 Å². The van der Waals surface area contributed by atoms with Crippen molar-refractivity contribution in [3.05, 3.63) is 30.6 Å². The molecule has 1 N–H and O–H groups in total. The number of hydrogen-bond donors (Lipinski definition) is 1. The Hall–Kier alpha value is -2.77. The van der Waals surface area contributed by atoms with Gasteiger partial charge in [-0.1, -0.05) is 0 Å². The Kier molecular flexibility index (Phi) is 4.36. The molecular weight excluding hydrogens is 392 g/mol. The Morgan fingerprint density at radius 1 is 1.00 bits per heavy atom. The van der Waals surface area contributed by atoms with Gasteiger partial charge in [0.15, 0.2) is 0 Å². The molecule has 2 aromatic rings. The molecule has 1 aliphatic heterocycles.